The molecule has 166 valence electrons. The number of carbonyl (C=O) groups is 2. The molecule has 10 heteroatoms. The average Bonchev–Trinajstić information content (AvgIpc) is 2.74. The van der Waals surface area contributed by atoms with Gasteiger partial charge in [-0.3, -0.25) is 14.5 Å². The largest absolute Gasteiger partial charge is 0.435 e. The SMILES string of the molecule is CC(C(=O)Nc1ccc(OC(F)F)cc1)N1CCN(C(=O)c2ccc(Cl)cc2Cl)CC1. The highest BCUT2D eigenvalue weighted by Crippen LogP contribution is 2.23. The molecule has 2 amide bonds. The standard InChI is InChI=1S/C21H21Cl2F2N3O3/c1-13(19(29)26-15-3-5-16(6-4-15)31-21(24)25)27-8-10-28(11-9-27)20(30)17-7-2-14(22)12-18(17)23/h2-7,12-13,21H,8-11H2,1H3,(H,26,29). The van der Waals surface area contributed by atoms with Gasteiger partial charge >= 0.3 is 6.61 Å². The maximum absolute atomic E-state index is 12.7. The van der Waals surface area contributed by atoms with Crippen LogP contribution in [0.5, 0.6) is 5.75 Å². The van der Waals surface area contributed by atoms with E-state index >= 15 is 0 Å². The highest BCUT2D eigenvalue weighted by atomic mass is 35.5. The number of amides is 2. The Morgan fingerprint density at radius 1 is 1.03 bits per heavy atom. The lowest BCUT2D eigenvalue weighted by molar-refractivity contribution is -0.121. The van der Waals surface area contributed by atoms with Crippen LogP contribution in [0.4, 0.5) is 14.5 Å². The molecule has 6 nitrogen and oxygen atoms in total. The van der Waals surface area contributed by atoms with Gasteiger partial charge in [-0.2, -0.15) is 8.78 Å². The summed E-state index contributed by atoms with van der Waals surface area (Å²) in [6.45, 7) is 0.822. The maximum Gasteiger partial charge on any atom is 0.387 e. The Balaban J connectivity index is 1.52. The van der Waals surface area contributed by atoms with E-state index in [2.05, 4.69) is 10.1 Å². The van der Waals surface area contributed by atoms with Crippen molar-refractivity contribution >= 4 is 40.7 Å². The zero-order chi connectivity index (χ0) is 22.5. The Kier molecular flexibility index (Phi) is 7.69. The molecule has 1 atom stereocenters. The summed E-state index contributed by atoms with van der Waals surface area (Å²) < 4.78 is 28.7. The fourth-order valence-corrected chi connectivity index (χ4v) is 3.77. The molecule has 0 saturated carbocycles. The van der Waals surface area contributed by atoms with Crippen LogP contribution in [-0.4, -0.2) is 60.4 Å². The van der Waals surface area contributed by atoms with Crippen molar-refractivity contribution in [1.82, 2.24) is 9.80 Å². The Labute approximate surface area is 188 Å². The van der Waals surface area contributed by atoms with Crippen molar-refractivity contribution < 1.29 is 23.1 Å². The van der Waals surface area contributed by atoms with Gasteiger partial charge in [0, 0.05) is 36.9 Å². The van der Waals surface area contributed by atoms with E-state index in [0.29, 0.717) is 47.5 Å². The third-order valence-electron chi connectivity index (χ3n) is 5.04. The van der Waals surface area contributed by atoms with E-state index in [4.69, 9.17) is 23.2 Å². The Hall–Kier alpha value is -2.42. The molecule has 0 bridgehead atoms. The lowest BCUT2D eigenvalue weighted by Gasteiger charge is -2.37. The van der Waals surface area contributed by atoms with Gasteiger partial charge in [0.1, 0.15) is 5.75 Å². The van der Waals surface area contributed by atoms with Crippen LogP contribution in [0.3, 0.4) is 0 Å². The monoisotopic (exact) mass is 471 g/mol. The number of carbonyl (C=O) groups excluding carboxylic acids is 2. The van der Waals surface area contributed by atoms with Gasteiger partial charge in [0.05, 0.1) is 16.6 Å². The third kappa shape index (κ3) is 6.06. The summed E-state index contributed by atoms with van der Waals surface area (Å²) in [5.74, 6) is -0.393. The number of nitrogens with one attached hydrogen (secondary N) is 1. The fraction of sp³-hybridized carbons (Fsp3) is 0.333. The van der Waals surface area contributed by atoms with Gasteiger partial charge in [0.25, 0.3) is 5.91 Å². The molecule has 3 rings (SSSR count). The van der Waals surface area contributed by atoms with Crippen LogP contribution in [-0.2, 0) is 4.79 Å². The number of anilines is 1. The normalized spacial score (nSPS) is 15.6. The van der Waals surface area contributed by atoms with E-state index in [-0.39, 0.29) is 17.6 Å². The first-order valence-corrected chi connectivity index (χ1v) is 10.3. The minimum Gasteiger partial charge on any atom is -0.435 e. The fourth-order valence-electron chi connectivity index (χ4n) is 3.28. The smallest absolute Gasteiger partial charge is 0.387 e. The molecule has 1 heterocycles. The van der Waals surface area contributed by atoms with Gasteiger partial charge in [-0.15, -0.1) is 0 Å². The van der Waals surface area contributed by atoms with E-state index in [1.165, 1.54) is 30.3 Å². The summed E-state index contributed by atoms with van der Waals surface area (Å²) >= 11 is 12.0. The molecular formula is C21H21Cl2F2N3O3. The van der Waals surface area contributed by atoms with Gasteiger partial charge in [-0.25, -0.2) is 0 Å². The molecule has 2 aromatic carbocycles. The first-order valence-electron chi connectivity index (χ1n) is 9.58. The van der Waals surface area contributed by atoms with Crippen molar-refractivity contribution in [2.24, 2.45) is 0 Å². The van der Waals surface area contributed by atoms with Gasteiger partial charge in [-0.05, 0) is 49.4 Å². The van der Waals surface area contributed by atoms with Gasteiger partial charge in [-0.1, -0.05) is 23.2 Å². The molecule has 1 unspecified atom stereocenters. The van der Waals surface area contributed by atoms with E-state index in [1.54, 1.807) is 24.0 Å². The third-order valence-corrected chi connectivity index (χ3v) is 5.59. The maximum atomic E-state index is 12.7. The molecular weight excluding hydrogens is 451 g/mol. The summed E-state index contributed by atoms with van der Waals surface area (Å²) in [4.78, 5) is 29.0. The van der Waals surface area contributed by atoms with Crippen molar-refractivity contribution in [3.05, 3.63) is 58.1 Å². The van der Waals surface area contributed by atoms with Crippen LogP contribution < -0.4 is 10.1 Å². The number of rotatable bonds is 6. The highest BCUT2D eigenvalue weighted by Gasteiger charge is 2.28. The molecule has 0 spiro atoms. The van der Waals surface area contributed by atoms with Crippen LogP contribution in [0, 0.1) is 0 Å². The van der Waals surface area contributed by atoms with Crippen LogP contribution in [0.1, 0.15) is 17.3 Å². The van der Waals surface area contributed by atoms with Gasteiger partial charge in [0.2, 0.25) is 5.91 Å². The molecule has 31 heavy (non-hydrogen) atoms. The van der Waals surface area contributed by atoms with E-state index in [1.807, 2.05) is 4.90 Å². The summed E-state index contributed by atoms with van der Waals surface area (Å²) in [5, 5.41) is 3.52. The summed E-state index contributed by atoms with van der Waals surface area (Å²) in [6, 6.07) is 10.0. The second kappa shape index (κ2) is 10.3. The lowest BCUT2D eigenvalue weighted by Crippen LogP contribution is -2.54. The number of hydrogen-bond acceptors (Lipinski definition) is 4. The topological polar surface area (TPSA) is 61.9 Å². The predicted molar refractivity (Wildman–Crippen MR) is 115 cm³/mol. The summed E-state index contributed by atoms with van der Waals surface area (Å²) in [7, 11) is 0. The molecule has 0 radical (unpaired) electrons. The van der Waals surface area contributed by atoms with E-state index in [0.717, 1.165) is 0 Å². The number of benzene rings is 2. The molecule has 1 aliphatic rings. The number of ether oxygens (including phenoxy) is 1. The number of alkyl halides is 2. The van der Waals surface area contributed by atoms with Crippen molar-refractivity contribution in [3.8, 4) is 5.75 Å². The summed E-state index contributed by atoms with van der Waals surface area (Å²) in [5.41, 5.74) is 0.870. The number of nitrogens with zero attached hydrogens (tertiary/aromatic N) is 2. The van der Waals surface area contributed by atoms with Crippen molar-refractivity contribution in [2.45, 2.75) is 19.6 Å². The molecule has 1 aliphatic heterocycles. The zero-order valence-corrected chi connectivity index (χ0v) is 18.2. The van der Waals surface area contributed by atoms with Crippen LogP contribution in [0.2, 0.25) is 10.0 Å². The van der Waals surface area contributed by atoms with Gasteiger partial charge < -0.3 is 15.0 Å². The molecule has 0 aromatic heterocycles. The first-order chi connectivity index (χ1) is 14.7. The Morgan fingerprint density at radius 2 is 1.68 bits per heavy atom. The quantitative estimate of drug-likeness (QED) is 0.678. The van der Waals surface area contributed by atoms with E-state index in [9.17, 15) is 18.4 Å². The van der Waals surface area contributed by atoms with Gasteiger partial charge in [0.15, 0.2) is 0 Å². The molecule has 0 aliphatic carbocycles. The zero-order valence-electron chi connectivity index (χ0n) is 16.7. The number of halogens is 4. The average molecular weight is 472 g/mol. The number of hydrogen-bond donors (Lipinski definition) is 1. The minimum absolute atomic E-state index is 0.0163. The molecule has 1 N–H and O–H groups in total. The second-order valence-electron chi connectivity index (χ2n) is 7.02. The second-order valence-corrected chi connectivity index (χ2v) is 7.86. The van der Waals surface area contributed by atoms with E-state index < -0.39 is 12.7 Å². The minimum atomic E-state index is -2.90. The van der Waals surface area contributed by atoms with Crippen molar-refractivity contribution in [2.75, 3.05) is 31.5 Å². The Bertz CT molecular complexity index is 936. The summed E-state index contributed by atoms with van der Waals surface area (Å²) in [6.07, 6.45) is 0. The molecule has 1 saturated heterocycles. The van der Waals surface area contributed by atoms with Crippen molar-refractivity contribution in [3.63, 3.8) is 0 Å². The predicted octanol–water partition coefficient (Wildman–Crippen LogP) is 4.38. The Morgan fingerprint density at radius 3 is 2.26 bits per heavy atom. The van der Waals surface area contributed by atoms with Crippen molar-refractivity contribution in [1.29, 1.82) is 0 Å². The molecule has 1 fully saturated rings. The lowest BCUT2D eigenvalue weighted by atomic mass is 10.1. The number of piperazine rings is 1. The first kappa shape index (κ1) is 23.2. The van der Waals surface area contributed by atoms with Crippen LogP contribution in [0.25, 0.3) is 0 Å². The van der Waals surface area contributed by atoms with Crippen LogP contribution in [0.15, 0.2) is 42.5 Å². The molecule has 2 aromatic rings. The highest BCUT2D eigenvalue weighted by molar-refractivity contribution is 6.36. The van der Waals surface area contributed by atoms with Crippen LogP contribution >= 0.6 is 23.2 Å².